The van der Waals surface area contributed by atoms with Crippen LogP contribution in [0.1, 0.15) is 65.7 Å². The minimum absolute atomic E-state index is 0.00704. The van der Waals surface area contributed by atoms with E-state index in [-0.39, 0.29) is 150 Å². The van der Waals surface area contributed by atoms with Crippen LogP contribution in [0.2, 0.25) is 0 Å². The maximum Gasteiger partial charge on any atom is 0.339 e. The van der Waals surface area contributed by atoms with Gasteiger partial charge in [-0.05, 0) is 123 Å². The van der Waals surface area contributed by atoms with E-state index in [0.29, 0.717) is 62.8 Å². The number of aromatic amines is 2. The zero-order chi connectivity index (χ0) is 109. The first kappa shape index (κ1) is 122. The molecule has 1 aromatic heterocycles. The third kappa shape index (κ3) is 41.8. The molecule has 5 aromatic carbocycles. The number of sulfone groups is 1. The van der Waals surface area contributed by atoms with E-state index in [2.05, 4.69) is 58.7 Å². The van der Waals surface area contributed by atoms with Gasteiger partial charge in [0, 0.05) is 23.6 Å². The number of cyclic esters (lactones) is 8. The van der Waals surface area contributed by atoms with Crippen LogP contribution in [0.15, 0.2) is 158 Å². The number of esters is 8. The zero-order valence-corrected chi connectivity index (χ0v) is 75.6. The number of benzene rings is 5. The number of rotatable bonds is 34. The minimum atomic E-state index is -3.59. The lowest BCUT2D eigenvalue weighted by atomic mass is 9.59. The number of hydrogen-bond donors (Lipinski definition) is 16. The van der Waals surface area contributed by atoms with E-state index in [1.54, 1.807) is 0 Å². The molecule has 16 N–H and O–H groups in total. The summed E-state index contributed by atoms with van der Waals surface area (Å²) in [5.74, 6) is -18.4. The Labute approximate surface area is 811 Å². The van der Waals surface area contributed by atoms with Crippen molar-refractivity contribution < 1.29 is 247 Å². The summed E-state index contributed by atoms with van der Waals surface area (Å²) in [6, 6.07) is 23.3. The molecule has 7 aliphatic rings. The van der Waals surface area contributed by atoms with E-state index in [4.69, 9.17) is 76.2 Å². The molecular formula is C84H83N3O54S3. The molecule has 13 rings (SSSR count). The second kappa shape index (κ2) is 63.6. The number of carbonyl (C=O) groups excluding carboxylic acids is 16. The number of aromatic hydroxyl groups is 5. The topological polar surface area (TPSA) is 908 Å². The molecule has 6 unspecified atom stereocenters. The minimum Gasteiger partial charge on any atom is -0.508 e. The fraction of sp³-hybridized carbons (Fsp3) is 0.286. The molecule has 144 heavy (non-hydrogen) atoms. The third-order valence-corrected chi connectivity index (χ3v) is 22.4. The molecule has 3 saturated carbocycles. The van der Waals surface area contributed by atoms with Crippen molar-refractivity contribution in [1.82, 2.24) is 14.5 Å². The number of nitrogens with one attached hydrogen (secondary N) is 2. The number of H-pyrrole nitrogens is 2. The number of hydrogen-bond acceptors (Lipinski definition) is 49. The second-order valence-electron chi connectivity index (χ2n) is 27.5. The predicted molar refractivity (Wildman–Crippen MR) is 464 cm³/mol. The molecule has 0 amide bonds. The van der Waals surface area contributed by atoms with Crippen molar-refractivity contribution in [1.29, 1.82) is 0 Å². The SMILES string of the molecule is C=CCn1c(=O)[nH]c(=O)[nH]c1=O.O=C1OC(=O)C2C1C1C(=O)OC(=O)C21.O=C1OC(=O)C2C1CC1C(=O)OC(=O)C12.O=CO/C=C/C(=O)O.O=COC(O)C(O)C(=O)O.O=COC1CCC(C(=O)O)CC1.O=COCCC(=O)O.O=COCCSSCCC(=O)O.O=COc1cc(O)cc(C(=O)O)c1.O=COc1ccc(O)cc1O.O=COc1cccc(C(=O)O)c1.O=S(=O)(c1ccc(O)cc1)c1ccc(O)cc1. The van der Waals surface area contributed by atoms with Gasteiger partial charge in [-0.1, -0.05) is 33.7 Å². The van der Waals surface area contributed by atoms with Crippen LogP contribution in [-0.4, -0.2) is 279 Å². The Balaban J connectivity index is 0.000000534. The Morgan fingerprint density at radius 3 is 1.34 bits per heavy atom. The van der Waals surface area contributed by atoms with Crippen LogP contribution in [0.5, 0.6) is 46.0 Å². The van der Waals surface area contributed by atoms with Crippen LogP contribution in [-0.2, 0) is 160 Å². The molecule has 57 nitrogen and oxygen atoms in total. The molecule has 6 atom stereocenters. The summed E-state index contributed by atoms with van der Waals surface area (Å²) in [5, 5.41) is 120. The van der Waals surface area contributed by atoms with Gasteiger partial charge >= 0.3 is 107 Å². The Hall–Kier alpha value is -17.8. The fourth-order valence-electron chi connectivity index (χ4n) is 11.9. The molecule has 7 fully saturated rings. The number of allylic oxidation sites excluding steroid dienone is 1. The number of aliphatic carboxylic acids is 5. The number of aliphatic hydroxyl groups is 2. The number of aliphatic hydroxyl groups excluding tert-OH is 2. The number of aromatic nitrogens is 3. The summed E-state index contributed by atoms with van der Waals surface area (Å²) < 4.78 is 76.6. The van der Waals surface area contributed by atoms with Gasteiger partial charge in [0.2, 0.25) is 22.2 Å². The summed E-state index contributed by atoms with van der Waals surface area (Å²) in [7, 11) is -0.618. The van der Waals surface area contributed by atoms with Gasteiger partial charge in [-0.2, -0.15) is 0 Å². The van der Waals surface area contributed by atoms with Crippen molar-refractivity contribution in [3.63, 3.8) is 0 Å². The van der Waals surface area contributed by atoms with Gasteiger partial charge in [-0.3, -0.25) is 101 Å². The highest BCUT2D eigenvalue weighted by atomic mass is 33.1. The van der Waals surface area contributed by atoms with E-state index in [1.807, 2.05) is 9.97 Å². The number of carboxylic acids is 7. The number of carboxylic acid groups (broad SMARTS) is 7. The Kier molecular flexibility index (Phi) is 54.0. The van der Waals surface area contributed by atoms with Crippen molar-refractivity contribution in [3.8, 4) is 46.0 Å². The van der Waals surface area contributed by atoms with E-state index >= 15 is 0 Å². The fourth-order valence-corrected chi connectivity index (χ4v) is 15.0. The molecule has 0 spiro atoms. The average molecular weight is 2090 g/mol. The molecule has 6 aromatic rings. The number of carbonyl (C=O) groups is 23. The Bertz CT molecular complexity index is 5680. The molecule has 60 heteroatoms. The van der Waals surface area contributed by atoms with E-state index in [0.717, 1.165) is 35.1 Å². The lowest BCUT2D eigenvalue weighted by Gasteiger charge is -2.33. The molecule has 776 valence electrons. The van der Waals surface area contributed by atoms with Gasteiger partial charge in [0.1, 0.15) is 60.1 Å². The molecule has 0 bridgehead atoms. The largest absolute Gasteiger partial charge is 0.508 e. The maximum absolute atomic E-state index is 12.1. The van der Waals surface area contributed by atoms with Crippen molar-refractivity contribution in [2.75, 3.05) is 24.7 Å². The monoisotopic (exact) mass is 2090 g/mol. The highest BCUT2D eigenvalue weighted by molar-refractivity contribution is 8.76. The summed E-state index contributed by atoms with van der Waals surface area (Å²) >= 11 is 0. The summed E-state index contributed by atoms with van der Waals surface area (Å²) in [4.78, 5) is 274. The first-order valence-corrected chi connectivity index (χ1v) is 43.5. The van der Waals surface area contributed by atoms with E-state index in [1.165, 1.54) is 113 Å². The number of aromatic carboxylic acids is 2. The number of nitrogens with zero attached hydrogens (tertiary/aromatic N) is 1. The van der Waals surface area contributed by atoms with Gasteiger partial charge in [-0.15, -0.1) is 6.58 Å². The maximum atomic E-state index is 12.1. The molecule has 5 heterocycles. The molecule has 4 saturated heterocycles. The summed E-state index contributed by atoms with van der Waals surface area (Å²) in [6.45, 7) is 5.42. The summed E-state index contributed by atoms with van der Waals surface area (Å²) in [6.07, 6.45) is 1.56. The van der Waals surface area contributed by atoms with Crippen LogP contribution in [0.25, 0.3) is 0 Å². The highest BCUT2D eigenvalue weighted by Gasteiger charge is 2.73. The van der Waals surface area contributed by atoms with Gasteiger partial charge in [0.15, 0.2) is 11.5 Å². The normalized spacial score (nSPS) is 18.4. The van der Waals surface area contributed by atoms with Gasteiger partial charge < -0.3 is 128 Å². The lowest BCUT2D eigenvalue weighted by Crippen LogP contribution is -2.50. The van der Waals surface area contributed by atoms with E-state index in [9.17, 15) is 133 Å². The molecule has 3 aliphatic carbocycles. The second-order valence-corrected chi connectivity index (χ2v) is 32.1. The van der Waals surface area contributed by atoms with Crippen LogP contribution in [0, 0.1) is 53.3 Å². The van der Waals surface area contributed by atoms with Gasteiger partial charge in [-0.25, -0.2) is 46.5 Å². The third-order valence-electron chi connectivity index (χ3n) is 18.3. The van der Waals surface area contributed by atoms with Gasteiger partial charge in [0.25, 0.3) is 51.8 Å². The Morgan fingerprint density at radius 1 is 0.472 bits per heavy atom. The van der Waals surface area contributed by atoms with Crippen LogP contribution in [0.4, 0.5) is 0 Å². The molecule has 0 radical (unpaired) electrons. The number of ether oxygens (including phenoxy) is 12. The zero-order valence-electron chi connectivity index (χ0n) is 73.1. The average Bonchev–Trinajstić information content (AvgIpc) is 1.54. The molecule has 4 aliphatic heterocycles. The Morgan fingerprint density at radius 2 is 0.924 bits per heavy atom. The number of phenolic OH excluding ortho intramolecular Hbond substituents is 5. The standard InChI is InChI=1S/C12H10O4S.C9H6O6.C8H4O6.C8H6O5.C8H12O4.C8H6O4.C7H6O4.C6H7N3O3.C6H10O4S2.C4H6O6.C4H6O4.C4H4O4/c13-9-1-5-11(6-2-9)17(15,16)12-7-3-10(14)4-8-12;10-6-2-1-3-5(4(2)8(12)14-6)9(13)15-7(3)11;9-5-1-2(6(10)13-5)4-3(1)7(11)14-8(4)12;9-4-13-7-2-5(8(11)12)1-6(10)3-7;9-5-12-7-3-1-6(2-4-7)8(10)11;9-5-12-7-3-1-2-6(4-7)8(10)11;8-4-11-7-2-1-5(9)3-6(7)10;1-2-3-9-5(11)7-4(10)8-6(9)12;7-5-10-2-4-12-11-3-1-6(8)9;5-1-10-4(9)2(6)3(7)8;2*5-3-8-2-1-4(6)7/h1-8,13-14H;2-5H,1H2;1-4H;1-4,10H,(H,11,12);5-7H,1-4H2,(H,10,11);1-5H,(H,10,11);1-4,9-10H;2H,1,3H2,(H2,7,8,10,11,12);5H,1-4H2,(H,8,9);1-2,4,6,9H,(H,7,8);3H,1-2H2,(H,6,7);1-3H,(H,6,7)/b;;;;;;;;;;;2-1+. The smallest absolute Gasteiger partial charge is 0.339 e. The number of fused-ring (bicyclic) bond motifs is 7. The van der Waals surface area contributed by atoms with E-state index < -0.39 is 176 Å². The van der Waals surface area contributed by atoms with Crippen molar-refractivity contribution in [2.45, 2.75) is 79.8 Å². The number of phenols is 5. The molecular weight excluding hydrogens is 2010 g/mol. The first-order valence-electron chi connectivity index (χ1n) is 39.5. The lowest BCUT2D eigenvalue weighted by molar-refractivity contribution is -0.186. The highest BCUT2D eigenvalue weighted by Crippen LogP contribution is 2.55. The first-order chi connectivity index (χ1) is 68.1. The van der Waals surface area contributed by atoms with Crippen LogP contribution < -0.4 is 31.3 Å². The quantitative estimate of drug-likeness (QED) is 0.00227. The predicted octanol–water partition coefficient (Wildman–Crippen LogP) is -0.693. The van der Waals surface area contributed by atoms with Gasteiger partial charge in [0.05, 0.1) is 99.6 Å². The van der Waals surface area contributed by atoms with Crippen LogP contribution in [0.3, 0.4) is 0 Å². The van der Waals surface area contributed by atoms with Crippen molar-refractivity contribution in [3.05, 3.63) is 177 Å². The van der Waals surface area contributed by atoms with Crippen LogP contribution >= 0.6 is 21.6 Å². The summed E-state index contributed by atoms with van der Waals surface area (Å²) in [5.41, 5.74) is -2.32. The van der Waals surface area contributed by atoms with Crippen molar-refractivity contribution in [2.24, 2.45) is 53.3 Å². The van der Waals surface area contributed by atoms with Crippen molar-refractivity contribution >= 4 is 173 Å².